The fourth-order valence-electron chi connectivity index (χ4n) is 3.22. The number of unbranched alkanes of at least 4 members (excludes halogenated alkanes) is 1. The molecule has 1 amide bonds. The van der Waals surface area contributed by atoms with E-state index in [4.69, 9.17) is 4.84 Å². The molecule has 2 aliphatic heterocycles. The first-order chi connectivity index (χ1) is 10.7. The van der Waals surface area contributed by atoms with Crippen LogP contribution in [0.25, 0.3) is 0 Å². The predicted molar refractivity (Wildman–Crippen MR) is 86.8 cm³/mol. The summed E-state index contributed by atoms with van der Waals surface area (Å²) >= 11 is 0. The fraction of sp³-hybridized carbons (Fsp3) is 0.556. The quantitative estimate of drug-likeness (QED) is 0.855. The highest BCUT2D eigenvalue weighted by Crippen LogP contribution is 2.36. The topological polar surface area (TPSA) is 41.9 Å². The molecule has 0 aromatic heterocycles. The molecule has 0 N–H and O–H groups in total. The third-order valence-corrected chi connectivity index (χ3v) is 4.72. The van der Waals surface area contributed by atoms with E-state index in [2.05, 4.69) is 24.2 Å². The second-order valence-electron chi connectivity index (χ2n) is 6.34. The highest BCUT2D eigenvalue weighted by molar-refractivity contribution is 6.01. The number of oxime groups is 1. The van der Waals surface area contributed by atoms with Crippen molar-refractivity contribution in [2.24, 2.45) is 5.16 Å². The van der Waals surface area contributed by atoms with Crippen LogP contribution in [0.1, 0.15) is 51.0 Å². The average molecular weight is 300 g/mol. The number of piperidine rings is 1. The molecule has 1 saturated heterocycles. The maximum Gasteiger partial charge on any atom is 0.222 e. The van der Waals surface area contributed by atoms with E-state index in [0.29, 0.717) is 12.3 Å². The molecule has 2 aliphatic rings. The Bertz CT molecular complexity index is 545. The van der Waals surface area contributed by atoms with Gasteiger partial charge < -0.3 is 9.74 Å². The highest BCUT2D eigenvalue weighted by Gasteiger charge is 2.42. The van der Waals surface area contributed by atoms with Crippen LogP contribution < -0.4 is 0 Å². The van der Waals surface area contributed by atoms with Gasteiger partial charge in [0.15, 0.2) is 0 Å². The third-order valence-electron chi connectivity index (χ3n) is 4.72. The zero-order valence-electron chi connectivity index (χ0n) is 13.3. The Kier molecular flexibility index (Phi) is 4.46. The monoisotopic (exact) mass is 300 g/mol. The molecule has 22 heavy (non-hydrogen) atoms. The molecule has 1 spiro atoms. The summed E-state index contributed by atoms with van der Waals surface area (Å²) in [5.74, 6) is 0.291. The molecule has 4 heteroatoms. The molecule has 1 fully saturated rings. The third kappa shape index (κ3) is 3.16. The predicted octanol–water partition coefficient (Wildman–Crippen LogP) is 3.36. The molecule has 0 bridgehead atoms. The Labute approximate surface area is 132 Å². The standard InChI is InChI=1S/C18H24N2O2/c1-2-3-9-17(21)20-12-10-18(11-13-20)14-16(19-22-18)15-7-5-4-6-8-15/h4-8H,2-3,9-14H2,1H3. The highest BCUT2D eigenvalue weighted by atomic mass is 16.7. The fourth-order valence-corrected chi connectivity index (χ4v) is 3.22. The molecule has 2 heterocycles. The minimum absolute atomic E-state index is 0.188. The lowest BCUT2D eigenvalue weighted by atomic mass is 9.85. The maximum absolute atomic E-state index is 12.1. The first-order valence-electron chi connectivity index (χ1n) is 8.31. The summed E-state index contributed by atoms with van der Waals surface area (Å²) in [6, 6.07) is 10.2. The minimum Gasteiger partial charge on any atom is -0.388 e. The molecular weight excluding hydrogens is 276 g/mol. The van der Waals surface area contributed by atoms with Crippen LogP contribution in [0.4, 0.5) is 0 Å². The van der Waals surface area contributed by atoms with Crippen molar-refractivity contribution in [1.82, 2.24) is 4.90 Å². The van der Waals surface area contributed by atoms with Gasteiger partial charge in [0.1, 0.15) is 5.60 Å². The Morgan fingerprint density at radius 3 is 2.68 bits per heavy atom. The lowest BCUT2D eigenvalue weighted by Crippen LogP contribution is -2.46. The molecule has 118 valence electrons. The summed E-state index contributed by atoms with van der Waals surface area (Å²) in [5, 5.41) is 4.32. The Hall–Kier alpha value is -1.84. The van der Waals surface area contributed by atoms with E-state index in [0.717, 1.165) is 56.5 Å². The molecule has 1 aromatic carbocycles. The maximum atomic E-state index is 12.1. The number of carbonyl (C=O) groups excluding carboxylic acids is 1. The molecule has 0 radical (unpaired) electrons. The van der Waals surface area contributed by atoms with Crippen molar-refractivity contribution in [2.45, 2.75) is 51.0 Å². The van der Waals surface area contributed by atoms with Crippen LogP contribution in [-0.4, -0.2) is 35.2 Å². The van der Waals surface area contributed by atoms with E-state index in [1.54, 1.807) is 0 Å². The molecular formula is C18H24N2O2. The van der Waals surface area contributed by atoms with E-state index in [1.165, 1.54) is 0 Å². The Morgan fingerprint density at radius 1 is 1.27 bits per heavy atom. The summed E-state index contributed by atoms with van der Waals surface area (Å²) < 4.78 is 0. The number of rotatable bonds is 4. The lowest BCUT2D eigenvalue weighted by molar-refractivity contribution is -0.137. The summed E-state index contributed by atoms with van der Waals surface area (Å²) in [6.45, 7) is 3.70. The number of carbonyl (C=O) groups is 1. The zero-order chi connectivity index (χ0) is 15.4. The van der Waals surface area contributed by atoms with Crippen LogP contribution in [0, 0.1) is 0 Å². The smallest absolute Gasteiger partial charge is 0.222 e. The van der Waals surface area contributed by atoms with Crippen molar-refractivity contribution >= 4 is 11.6 Å². The number of likely N-dealkylation sites (tertiary alicyclic amines) is 1. The number of amides is 1. The van der Waals surface area contributed by atoms with Crippen molar-refractivity contribution in [3.63, 3.8) is 0 Å². The largest absolute Gasteiger partial charge is 0.388 e. The number of nitrogens with zero attached hydrogens (tertiary/aromatic N) is 2. The van der Waals surface area contributed by atoms with Crippen LogP contribution in [0.3, 0.4) is 0 Å². The minimum atomic E-state index is -0.188. The van der Waals surface area contributed by atoms with E-state index in [9.17, 15) is 4.79 Å². The molecule has 1 aromatic rings. The summed E-state index contributed by atoms with van der Waals surface area (Å²) in [5.41, 5.74) is 1.99. The number of hydrogen-bond acceptors (Lipinski definition) is 3. The summed E-state index contributed by atoms with van der Waals surface area (Å²) in [4.78, 5) is 19.9. The van der Waals surface area contributed by atoms with E-state index in [-0.39, 0.29) is 5.60 Å². The van der Waals surface area contributed by atoms with Crippen LogP contribution in [0.2, 0.25) is 0 Å². The van der Waals surface area contributed by atoms with Gasteiger partial charge in [-0.2, -0.15) is 0 Å². The van der Waals surface area contributed by atoms with E-state index >= 15 is 0 Å². The zero-order valence-corrected chi connectivity index (χ0v) is 13.3. The van der Waals surface area contributed by atoms with Crippen molar-refractivity contribution in [1.29, 1.82) is 0 Å². The lowest BCUT2D eigenvalue weighted by Gasteiger charge is -2.37. The summed E-state index contributed by atoms with van der Waals surface area (Å²) in [6.07, 6.45) is 5.35. The normalized spacial score (nSPS) is 19.9. The van der Waals surface area contributed by atoms with Gasteiger partial charge in [0.05, 0.1) is 5.71 Å². The Balaban J connectivity index is 1.55. The van der Waals surface area contributed by atoms with Crippen LogP contribution >= 0.6 is 0 Å². The average Bonchev–Trinajstić information content (AvgIpc) is 2.98. The van der Waals surface area contributed by atoms with Gasteiger partial charge >= 0.3 is 0 Å². The second-order valence-corrected chi connectivity index (χ2v) is 6.34. The SMILES string of the molecule is CCCCC(=O)N1CCC2(CC1)CC(c1ccccc1)=NO2. The van der Waals surface area contributed by atoms with Crippen LogP contribution in [-0.2, 0) is 9.63 Å². The van der Waals surface area contributed by atoms with Gasteiger partial charge in [-0.25, -0.2) is 0 Å². The van der Waals surface area contributed by atoms with Crippen molar-refractivity contribution in [2.75, 3.05) is 13.1 Å². The molecule has 4 nitrogen and oxygen atoms in total. The Morgan fingerprint density at radius 2 is 2.00 bits per heavy atom. The second kappa shape index (κ2) is 6.51. The van der Waals surface area contributed by atoms with E-state index in [1.807, 2.05) is 23.1 Å². The van der Waals surface area contributed by atoms with Gasteiger partial charge in [-0.3, -0.25) is 4.79 Å². The van der Waals surface area contributed by atoms with Gasteiger partial charge in [0.2, 0.25) is 5.91 Å². The summed E-state index contributed by atoms with van der Waals surface area (Å²) in [7, 11) is 0. The molecule has 0 aliphatic carbocycles. The molecule has 0 saturated carbocycles. The van der Waals surface area contributed by atoms with Crippen molar-refractivity contribution < 1.29 is 9.63 Å². The van der Waals surface area contributed by atoms with Gasteiger partial charge in [-0.1, -0.05) is 48.8 Å². The van der Waals surface area contributed by atoms with Crippen molar-refractivity contribution in [3.05, 3.63) is 35.9 Å². The van der Waals surface area contributed by atoms with Crippen molar-refractivity contribution in [3.8, 4) is 0 Å². The number of hydrogen-bond donors (Lipinski definition) is 0. The molecule has 0 atom stereocenters. The first kappa shape index (κ1) is 15.1. The molecule has 0 unspecified atom stereocenters. The van der Waals surface area contributed by atoms with Crippen LogP contribution in [0.15, 0.2) is 35.5 Å². The number of benzene rings is 1. The van der Waals surface area contributed by atoms with Gasteiger partial charge in [-0.05, 0) is 12.0 Å². The van der Waals surface area contributed by atoms with Crippen LogP contribution in [0.5, 0.6) is 0 Å². The molecule has 3 rings (SSSR count). The van der Waals surface area contributed by atoms with Gasteiger partial charge in [0.25, 0.3) is 0 Å². The van der Waals surface area contributed by atoms with Gasteiger partial charge in [-0.15, -0.1) is 0 Å². The van der Waals surface area contributed by atoms with E-state index < -0.39 is 0 Å². The first-order valence-corrected chi connectivity index (χ1v) is 8.31. The van der Waals surface area contributed by atoms with Gasteiger partial charge in [0, 0.05) is 38.8 Å².